The van der Waals surface area contributed by atoms with Gasteiger partial charge in [0.05, 0.1) is 19.4 Å². The third-order valence-electron chi connectivity index (χ3n) is 6.53. The fourth-order valence-corrected chi connectivity index (χ4v) is 4.52. The van der Waals surface area contributed by atoms with Crippen molar-refractivity contribution in [3.8, 4) is 28.3 Å². The molecule has 0 radical (unpaired) electrons. The maximum atomic E-state index is 12.6. The fraction of sp³-hybridized carbons (Fsp3) is 0.188. The number of aryl methyl sites for hydroxylation is 1. The van der Waals surface area contributed by atoms with Gasteiger partial charge in [0, 0.05) is 36.4 Å². The molecule has 0 bridgehead atoms. The van der Waals surface area contributed by atoms with E-state index in [1.54, 1.807) is 0 Å². The van der Waals surface area contributed by atoms with Crippen LogP contribution in [0, 0.1) is 6.92 Å². The molecule has 0 amide bonds. The minimum Gasteiger partial charge on any atom is -0.493 e. The van der Waals surface area contributed by atoms with Crippen molar-refractivity contribution < 1.29 is 18.7 Å². The average Bonchev–Trinajstić information content (AvgIpc) is 3.63. The van der Waals surface area contributed by atoms with Crippen LogP contribution in [0.5, 0.6) is 5.75 Å². The lowest BCUT2D eigenvalue weighted by molar-refractivity contribution is -0.144. The summed E-state index contributed by atoms with van der Waals surface area (Å²) in [7, 11) is 1.42. The number of esters is 1. The first kappa shape index (κ1) is 25.1. The van der Waals surface area contributed by atoms with Gasteiger partial charge in [-0.25, -0.2) is 9.78 Å². The number of aromatic nitrogens is 2. The van der Waals surface area contributed by atoms with Crippen LogP contribution in [0.25, 0.3) is 22.6 Å². The number of ether oxygens (including phenoxy) is 2. The summed E-state index contributed by atoms with van der Waals surface area (Å²) >= 11 is 0. The zero-order chi connectivity index (χ0) is 26.3. The molecular weight excluding hydrogens is 476 g/mol. The smallest absolute Gasteiger partial charge is 0.329 e. The molecule has 5 rings (SSSR count). The third kappa shape index (κ3) is 5.70. The van der Waals surface area contributed by atoms with Gasteiger partial charge in [0.1, 0.15) is 17.6 Å². The Morgan fingerprint density at radius 3 is 2.29 bits per heavy atom. The van der Waals surface area contributed by atoms with Crippen LogP contribution in [0.2, 0.25) is 0 Å². The van der Waals surface area contributed by atoms with E-state index in [2.05, 4.69) is 18.2 Å². The topological polar surface area (TPSA) is 66.5 Å². The van der Waals surface area contributed by atoms with Gasteiger partial charge >= 0.3 is 5.97 Å². The zero-order valence-electron chi connectivity index (χ0n) is 21.5. The van der Waals surface area contributed by atoms with Gasteiger partial charge in [-0.05, 0) is 54.4 Å². The second-order valence-corrected chi connectivity index (χ2v) is 9.06. The first-order valence-electron chi connectivity index (χ1n) is 12.7. The maximum absolute atomic E-state index is 12.6. The van der Waals surface area contributed by atoms with Crippen molar-refractivity contribution in [2.45, 2.75) is 25.8 Å². The van der Waals surface area contributed by atoms with E-state index >= 15 is 0 Å². The summed E-state index contributed by atoms with van der Waals surface area (Å²) in [5.74, 6) is 1.92. The Hall–Kier alpha value is -4.58. The standard InChI is InChI=1S/C32H30N2O4/c1-23-28(33-31(38-23)26-13-7-4-8-14-26)17-20-37-30-16-15-24(21-27(30)25-11-5-3-6-12-25)22-29(32(35)36-2)34-18-9-10-19-34/h3-16,18-19,21,29H,17,20,22H2,1-2H3. The molecule has 0 saturated heterocycles. The highest BCUT2D eigenvalue weighted by Gasteiger charge is 2.22. The Bertz CT molecular complexity index is 1470. The molecule has 5 aromatic rings. The van der Waals surface area contributed by atoms with Crippen molar-refractivity contribution in [3.63, 3.8) is 0 Å². The van der Waals surface area contributed by atoms with Gasteiger partial charge in [-0.1, -0.05) is 54.6 Å². The quantitative estimate of drug-likeness (QED) is 0.197. The van der Waals surface area contributed by atoms with E-state index in [1.165, 1.54) is 7.11 Å². The van der Waals surface area contributed by atoms with Crippen LogP contribution in [0.3, 0.4) is 0 Å². The van der Waals surface area contributed by atoms with E-state index in [0.29, 0.717) is 25.3 Å². The molecule has 1 unspecified atom stereocenters. The van der Waals surface area contributed by atoms with Crippen molar-refractivity contribution in [1.29, 1.82) is 0 Å². The Balaban J connectivity index is 1.35. The van der Waals surface area contributed by atoms with Crippen molar-refractivity contribution in [1.82, 2.24) is 9.55 Å². The molecule has 192 valence electrons. The predicted octanol–water partition coefficient (Wildman–Crippen LogP) is 6.70. The minimum atomic E-state index is -0.445. The Morgan fingerprint density at radius 1 is 0.921 bits per heavy atom. The Labute approximate surface area is 222 Å². The van der Waals surface area contributed by atoms with Gasteiger partial charge in [-0.3, -0.25) is 0 Å². The molecule has 0 fully saturated rings. The van der Waals surface area contributed by atoms with Gasteiger partial charge in [-0.15, -0.1) is 0 Å². The van der Waals surface area contributed by atoms with Crippen LogP contribution in [-0.2, 0) is 22.4 Å². The second-order valence-electron chi connectivity index (χ2n) is 9.06. The first-order valence-corrected chi connectivity index (χ1v) is 12.7. The molecule has 0 N–H and O–H groups in total. The van der Waals surface area contributed by atoms with Crippen LogP contribution >= 0.6 is 0 Å². The summed E-state index contributed by atoms with van der Waals surface area (Å²) in [6, 6.07) is 29.5. The third-order valence-corrected chi connectivity index (χ3v) is 6.53. The van der Waals surface area contributed by atoms with Crippen LogP contribution < -0.4 is 4.74 Å². The summed E-state index contributed by atoms with van der Waals surface area (Å²) < 4.78 is 19.2. The lowest BCUT2D eigenvalue weighted by atomic mass is 9.98. The maximum Gasteiger partial charge on any atom is 0.329 e. The molecule has 1 atom stereocenters. The van der Waals surface area contributed by atoms with E-state index in [-0.39, 0.29) is 5.97 Å². The van der Waals surface area contributed by atoms with Gasteiger partial charge < -0.3 is 18.5 Å². The highest BCUT2D eigenvalue weighted by Crippen LogP contribution is 2.33. The molecule has 3 aromatic carbocycles. The number of hydrogen-bond donors (Lipinski definition) is 0. The lowest BCUT2D eigenvalue weighted by Gasteiger charge is -2.18. The van der Waals surface area contributed by atoms with Crippen molar-refractivity contribution >= 4 is 5.97 Å². The van der Waals surface area contributed by atoms with Gasteiger partial charge in [-0.2, -0.15) is 0 Å². The molecule has 0 spiro atoms. The number of carbonyl (C=O) groups is 1. The van der Waals surface area contributed by atoms with Crippen molar-refractivity contribution in [2.24, 2.45) is 0 Å². The Kier molecular flexibility index (Phi) is 7.69. The van der Waals surface area contributed by atoms with Gasteiger partial charge in [0.25, 0.3) is 0 Å². The highest BCUT2D eigenvalue weighted by atomic mass is 16.5. The monoisotopic (exact) mass is 506 g/mol. The number of nitrogens with zero attached hydrogens (tertiary/aromatic N) is 2. The summed E-state index contributed by atoms with van der Waals surface area (Å²) in [5.41, 5.74) is 4.87. The van der Waals surface area contributed by atoms with Crippen LogP contribution in [0.15, 0.2) is 108 Å². The van der Waals surface area contributed by atoms with E-state index in [9.17, 15) is 4.79 Å². The molecule has 2 aromatic heterocycles. The van der Waals surface area contributed by atoms with E-state index in [0.717, 1.165) is 39.5 Å². The van der Waals surface area contributed by atoms with E-state index in [1.807, 2.05) is 96.7 Å². The SMILES string of the molecule is COC(=O)C(Cc1ccc(OCCc2nc(-c3ccccc3)oc2C)c(-c2ccccc2)c1)n1cccc1. The number of benzene rings is 3. The summed E-state index contributed by atoms with van der Waals surface area (Å²) in [6.45, 7) is 2.39. The summed E-state index contributed by atoms with van der Waals surface area (Å²) in [6.07, 6.45) is 4.89. The van der Waals surface area contributed by atoms with Gasteiger partial charge in [0.2, 0.25) is 5.89 Å². The van der Waals surface area contributed by atoms with E-state index < -0.39 is 6.04 Å². The number of rotatable bonds is 10. The summed E-state index contributed by atoms with van der Waals surface area (Å²) in [4.78, 5) is 17.2. The molecular formula is C32H30N2O4. The average molecular weight is 507 g/mol. The molecule has 6 heteroatoms. The summed E-state index contributed by atoms with van der Waals surface area (Å²) in [5, 5.41) is 0. The molecule has 0 aliphatic rings. The number of methoxy groups -OCH3 is 1. The highest BCUT2D eigenvalue weighted by molar-refractivity contribution is 5.75. The lowest BCUT2D eigenvalue weighted by Crippen LogP contribution is -2.22. The van der Waals surface area contributed by atoms with Crippen LogP contribution in [-0.4, -0.2) is 29.2 Å². The molecule has 0 aliphatic carbocycles. The normalized spacial score (nSPS) is 11.7. The van der Waals surface area contributed by atoms with Gasteiger partial charge in [0.15, 0.2) is 0 Å². The van der Waals surface area contributed by atoms with Crippen molar-refractivity contribution in [3.05, 3.63) is 120 Å². The van der Waals surface area contributed by atoms with Crippen molar-refractivity contribution in [2.75, 3.05) is 13.7 Å². The second kappa shape index (κ2) is 11.6. The molecule has 6 nitrogen and oxygen atoms in total. The molecule has 38 heavy (non-hydrogen) atoms. The molecule has 0 aliphatic heterocycles. The number of hydrogen-bond acceptors (Lipinski definition) is 5. The Morgan fingerprint density at radius 2 is 1.61 bits per heavy atom. The predicted molar refractivity (Wildman–Crippen MR) is 147 cm³/mol. The molecule has 0 saturated carbocycles. The largest absolute Gasteiger partial charge is 0.493 e. The van der Waals surface area contributed by atoms with Crippen LogP contribution in [0.4, 0.5) is 0 Å². The minimum absolute atomic E-state index is 0.277. The zero-order valence-corrected chi connectivity index (χ0v) is 21.5. The fourth-order valence-electron chi connectivity index (χ4n) is 4.52. The molecule has 2 heterocycles. The van der Waals surface area contributed by atoms with E-state index in [4.69, 9.17) is 18.9 Å². The number of carbonyl (C=O) groups excluding carboxylic acids is 1. The van der Waals surface area contributed by atoms with Crippen LogP contribution in [0.1, 0.15) is 23.1 Å². The first-order chi connectivity index (χ1) is 18.6. The number of oxazole rings is 1.